The normalized spacial score (nSPS) is 12.1. The van der Waals surface area contributed by atoms with E-state index in [1.165, 1.54) is 13.0 Å². The van der Waals surface area contributed by atoms with Crippen LogP contribution in [0.15, 0.2) is 54.9 Å². The van der Waals surface area contributed by atoms with Gasteiger partial charge in [-0.25, -0.2) is 18.4 Å². The number of pyridine rings is 1. The maximum Gasteiger partial charge on any atom is 0.166 e. The van der Waals surface area contributed by atoms with Crippen molar-refractivity contribution in [1.29, 1.82) is 0 Å². The Balaban J connectivity index is 1.77. The number of anilines is 1. The number of halogens is 2. The first-order valence-corrected chi connectivity index (χ1v) is 9.20. The van der Waals surface area contributed by atoms with Crippen molar-refractivity contribution >= 4 is 22.5 Å². The van der Waals surface area contributed by atoms with E-state index in [1.807, 2.05) is 0 Å². The minimum absolute atomic E-state index is 0.0248. The van der Waals surface area contributed by atoms with Crippen molar-refractivity contribution in [3.63, 3.8) is 0 Å². The molecule has 2 aromatic heterocycles. The number of rotatable bonds is 5. The van der Waals surface area contributed by atoms with E-state index < -0.39 is 17.7 Å². The number of aromatic nitrogens is 3. The molecular weight excluding hydrogens is 390 g/mol. The van der Waals surface area contributed by atoms with Crippen LogP contribution in [0.5, 0.6) is 5.75 Å². The van der Waals surface area contributed by atoms with Crippen LogP contribution in [-0.4, -0.2) is 20.5 Å². The van der Waals surface area contributed by atoms with Crippen LogP contribution in [0.25, 0.3) is 16.6 Å². The molecule has 4 rings (SSSR count). The molecule has 0 saturated heterocycles. The quantitative estimate of drug-likeness (QED) is 0.487. The second-order valence-electron chi connectivity index (χ2n) is 6.87. The van der Waals surface area contributed by atoms with Crippen LogP contribution in [0.1, 0.15) is 35.9 Å². The van der Waals surface area contributed by atoms with Gasteiger partial charge in [-0.2, -0.15) is 5.10 Å². The summed E-state index contributed by atoms with van der Waals surface area (Å²) in [6, 6.07) is 10.4. The fourth-order valence-corrected chi connectivity index (χ4v) is 3.27. The molecule has 1 atom stereocenters. The van der Waals surface area contributed by atoms with E-state index in [2.05, 4.69) is 10.1 Å². The van der Waals surface area contributed by atoms with E-state index >= 15 is 0 Å². The molecule has 30 heavy (non-hydrogen) atoms. The summed E-state index contributed by atoms with van der Waals surface area (Å²) < 4.78 is 35.2. The zero-order chi connectivity index (χ0) is 21.4. The van der Waals surface area contributed by atoms with Gasteiger partial charge in [0.1, 0.15) is 17.4 Å². The molecule has 4 aromatic rings. The lowest BCUT2D eigenvalue weighted by molar-refractivity contribution is 0.101. The van der Waals surface area contributed by atoms with Crippen molar-refractivity contribution in [2.75, 3.05) is 5.73 Å². The number of ether oxygens (including phenoxy) is 1. The van der Waals surface area contributed by atoms with E-state index in [9.17, 15) is 13.6 Å². The van der Waals surface area contributed by atoms with Gasteiger partial charge in [0.15, 0.2) is 23.2 Å². The number of nitrogen functional groups attached to an aromatic ring is 1. The Morgan fingerprint density at radius 2 is 2.00 bits per heavy atom. The Morgan fingerprint density at radius 3 is 2.70 bits per heavy atom. The van der Waals surface area contributed by atoms with E-state index in [-0.39, 0.29) is 28.3 Å². The first-order valence-electron chi connectivity index (χ1n) is 9.20. The van der Waals surface area contributed by atoms with Crippen LogP contribution in [0, 0.1) is 11.6 Å². The molecule has 2 heterocycles. The summed E-state index contributed by atoms with van der Waals surface area (Å²) in [6.07, 6.45) is 2.85. The van der Waals surface area contributed by atoms with Crippen LogP contribution in [0.4, 0.5) is 14.6 Å². The lowest BCUT2D eigenvalue weighted by Crippen LogP contribution is -2.11. The topological polar surface area (TPSA) is 83.0 Å². The second kappa shape index (κ2) is 7.55. The third-order valence-corrected chi connectivity index (χ3v) is 4.76. The van der Waals surface area contributed by atoms with Gasteiger partial charge in [0.05, 0.1) is 5.69 Å². The number of benzene rings is 2. The molecule has 0 unspecified atom stereocenters. The van der Waals surface area contributed by atoms with Gasteiger partial charge in [-0.1, -0.05) is 0 Å². The highest BCUT2D eigenvalue weighted by Crippen LogP contribution is 2.33. The lowest BCUT2D eigenvalue weighted by Gasteiger charge is -2.20. The SMILES string of the molecule is CC(=O)c1ccc(-n2cccn2)c([C@H](C)Oc2cc3cc(F)cc(F)c3nc2N)c1. The molecular formula is C22H18F2N4O2. The van der Waals surface area contributed by atoms with Crippen molar-refractivity contribution < 1.29 is 18.3 Å². The summed E-state index contributed by atoms with van der Waals surface area (Å²) in [7, 11) is 0. The molecule has 2 N–H and O–H groups in total. The maximum absolute atomic E-state index is 14.0. The number of Topliss-reactive ketones (excluding diaryl/α,β-unsaturated/α-hetero) is 1. The number of ketones is 1. The van der Waals surface area contributed by atoms with Crippen molar-refractivity contribution in [3.8, 4) is 11.4 Å². The lowest BCUT2D eigenvalue weighted by atomic mass is 10.0. The first kappa shape index (κ1) is 19.5. The highest BCUT2D eigenvalue weighted by molar-refractivity contribution is 5.94. The third kappa shape index (κ3) is 3.59. The predicted molar refractivity (Wildman–Crippen MR) is 109 cm³/mol. The van der Waals surface area contributed by atoms with Gasteiger partial charge in [0.25, 0.3) is 0 Å². The van der Waals surface area contributed by atoms with E-state index in [0.29, 0.717) is 11.1 Å². The number of nitrogens with zero attached hydrogens (tertiary/aromatic N) is 3. The number of hydrogen-bond donors (Lipinski definition) is 1. The van der Waals surface area contributed by atoms with Crippen LogP contribution >= 0.6 is 0 Å². The van der Waals surface area contributed by atoms with Crippen LogP contribution in [0.2, 0.25) is 0 Å². The van der Waals surface area contributed by atoms with E-state index in [4.69, 9.17) is 10.5 Å². The molecule has 152 valence electrons. The first-order chi connectivity index (χ1) is 14.3. The summed E-state index contributed by atoms with van der Waals surface area (Å²) in [4.78, 5) is 15.9. The Kier molecular flexibility index (Phi) is 4.91. The van der Waals surface area contributed by atoms with Gasteiger partial charge in [-0.05, 0) is 50.2 Å². The molecule has 8 heteroatoms. The van der Waals surface area contributed by atoms with Gasteiger partial charge < -0.3 is 10.5 Å². The summed E-state index contributed by atoms with van der Waals surface area (Å²) in [6.45, 7) is 3.26. The highest BCUT2D eigenvalue weighted by atomic mass is 19.1. The predicted octanol–water partition coefficient (Wildman–Crippen LogP) is 4.62. The summed E-state index contributed by atoms with van der Waals surface area (Å²) in [5, 5.41) is 4.48. The molecule has 0 spiro atoms. The van der Waals surface area contributed by atoms with Crippen molar-refractivity contribution in [2.45, 2.75) is 20.0 Å². The molecule has 0 radical (unpaired) electrons. The molecule has 0 aliphatic rings. The molecule has 0 aliphatic heterocycles. The fourth-order valence-electron chi connectivity index (χ4n) is 3.27. The van der Waals surface area contributed by atoms with E-state index in [0.717, 1.165) is 17.8 Å². The van der Waals surface area contributed by atoms with Crippen molar-refractivity contribution in [2.24, 2.45) is 0 Å². The molecule has 2 aromatic carbocycles. The number of nitrogens with two attached hydrogens (primary N) is 1. The van der Waals surface area contributed by atoms with Crippen molar-refractivity contribution in [3.05, 3.63) is 77.6 Å². The zero-order valence-corrected chi connectivity index (χ0v) is 16.3. The molecule has 0 amide bonds. The minimum Gasteiger partial charge on any atom is -0.482 e. The van der Waals surface area contributed by atoms with Crippen LogP contribution in [0.3, 0.4) is 0 Å². The monoisotopic (exact) mass is 408 g/mol. The van der Waals surface area contributed by atoms with Gasteiger partial charge in [-0.15, -0.1) is 0 Å². The summed E-state index contributed by atoms with van der Waals surface area (Å²) >= 11 is 0. The zero-order valence-electron chi connectivity index (χ0n) is 16.3. The molecule has 0 saturated carbocycles. The van der Waals surface area contributed by atoms with Gasteiger partial charge in [-0.3, -0.25) is 4.79 Å². The Hall–Kier alpha value is -3.81. The fraction of sp³-hybridized carbons (Fsp3) is 0.136. The van der Waals surface area contributed by atoms with Crippen molar-refractivity contribution in [1.82, 2.24) is 14.8 Å². The highest BCUT2D eigenvalue weighted by Gasteiger charge is 2.19. The number of fused-ring (bicyclic) bond motifs is 1. The van der Waals surface area contributed by atoms with Gasteiger partial charge in [0, 0.05) is 35.0 Å². The molecule has 0 fully saturated rings. The number of hydrogen-bond acceptors (Lipinski definition) is 5. The average Bonchev–Trinajstić information content (AvgIpc) is 3.23. The van der Waals surface area contributed by atoms with Gasteiger partial charge in [0.2, 0.25) is 0 Å². The maximum atomic E-state index is 14.0. The number of carbonyl (C=O) groups is 1. The van der Waals surface area contributed by atoms with E-state index in [1.54, 1.807) is 48.3 Å². The summed E-state index contributed by atoms with van der Waals surface area (Å²) in [5.74, 6) is -1.46. The molecule has 0 bridgehead atoms. The second-order valence-corrected chi connectivity index (χ2v) is 6.87. The smallest absolute Gasteiger partial charge is 0.166 e. The Morgan fingerprint density at radius 1 is 1.20 bits per heavy atom. The third-order valence-electron chi connectivity index (χ3n) is 4.76. The average molecular weight is 408 g/mol. The summed E-state index contributed by atoms with van der Waals surface area (Å²) in [5.41, 5.74) is 7.86. The molecule has 0 aliphatic carbocycles. The number of carbonyl (C=O) groups excluding carboxylic acids is 1. The molecule has 6 nitrogen and oxygen atoms in total. The van der Waals surface area contributed by atoms with Gasteiger partial charge >= 0.3 is 0 Å². The van der Waals surface area contributed by atoms with Crippen LogP contribution in [-0.2, 0) is 0 Å². The Bertz CT molecular complexity index is 1260. The Labute approximate surface area is 170 Å². The largest absolute Gasteiger partial charge is 0.482 e. The minimum atomic E-state index is -0.800. The van der Waals surface area contributed by atoms with Crippen LogP contribution < -0.4 is 10.5 Å². The standard InChI is InChI=1S/C22H18F2N4O2/c1-12(29)14-4-5-19(28-7-3-6-26-28)17(9-14)13(2)30-20-10-15-8-16(23)11-18(24)21(15)27-22(20)25/h3-11,13H,1-2H3,(H2,25,27)/t13-/m0/s1.